The molecule has 3 aliphatic rings. The normalized spacial score (nSPS) is 18.2. The first kappa shape index (κ1) is 30.2. The number of nitrogens with zero attached hydrogens (tertiary/aromatic N) is 4. The molecule has 5 aromatic carbocycles. The van der Waals surface area contributed by atoms with Gasteiger partial charge in [0.15, 0.2) is 0 Å². The molecule has 5 heteroatoms. The van der Waals surface area contributed by atoms with Gasteiger partial charge in [0, 0.05) is 40.6 Å². The van der Waals surface area contributed by atoms with Gasteiger partial charge in [0.1, 0.15) is 29.0 Å². The summed E-state index contributed by atoms with van der Waals surface area (Å²) in [4.78, 5) is 13.0. The van der Waals surface area contributed by atoms with Crippen LogP contribution in [0.5, 0.6) is 11.5 Å². The molecule has 0 saturated carbocycles. The van der Waals surface area contributed by atoms with Crippen LogP contribution in [0.15, 0.2) is 114 Å². The molecule has 7 aromatic rings. The fourth-order valence-electron chi connectivity index (χ4n) is 9.17. The third-order valence-electron chi connectivity index (χ3n) is 11.8. The van der Waals surface area contributed by atoms with Crippen molar-refractivity contribution in [1.82, 2.24) is 14.5 Å². The van der Waals surface area contributed by atoms with Crippen molar-refractivity contribution in [3.8, 4) is 17.2 Å². The second-order valence-electron chi connectivity index (χ2n) is 15.2. The Balaban J connectivity index is 1.11. The number of hydrogen-bond donors (Lipinski definition) is 0. The fourth-order valence-corrected chi connectivity index (χ4v) is 9.17. The van der Waals surface area contributed by atoms with Crippen LogP contribution in [-0.4, -0.2) is 20.3 Å². The molecule has 0 unspecified atom stereocenters. The lowest BCUT2D eigenvalue weighted by Crippen LogP contribution is -2.27. The van der Waals surface area contributed by atoms with Crippen LogP contribution in [0.3, 0.4) is 0 Å². The predicted molar refractivity (Wildman–Crippen MR) is 207 cm³/mol. The van der Waals surface area contributed by atoms with E-state index >= 15 is 0 Å². The van der Waals surface area contributed by atoms with E-state index in [0.29, 0.717) is 0 Å². The van der Waals surface area contributed by atoms with Gasteiger partial charge in [-0.25, -0.2) is 4.98 Å². The topological polar surface area (TPSA) is 42.6 Å². The Kier molecular flexibility index (Phi) is 6.31. The van der Waals surface area contributed by atoms with Crippen LogP contribution in [0, 0.1) is 27.7 Å². The molecule has 51 heavy (non-hydrogen) atoms. The standard InChI is InChI=1S/C46H40N4O/c1-26-19-20-47-45-40(26)33-17-12-18-35-42(33)50(45)37-24-39(29(4)22-36(37)46(35,5)6)51-38-23-34(27(2)21-28(38)3)44-48-41(30-13-8-7-9-14-30)43-32-16-11-10-15-31(32)25-49(43)44/h7-24,41,43H,25H2,1-6H3/t41-,43+/m1/s1. The molecule has 0 radical (unpaired) electrons. The number of fused-ring (bicyclic) bond motifs is 8. The van der Waals surface area contributed by atoms with Crippen molar-refractivity contribution in [1.29, 1.82) is 0 Å². The number of ether oxygens (including phenoxy) is 1. The Labute approximate surface area is 298 Å². The quantitative estimate of drug-likeness (QED) is 0.188. The van der Waals surface area contributed by atoms with Crippen molar-refractivity contribution in [3.05, 3.63) is 165 Å². The minimum atomic E-state index is -0.191. The molecule has 0 N–H and O–H groups in total. The van der Waals surface area contributed by atoms with E-state index < -0.39 is 0 Å². The number of aliphatic imine (C=N–C) groups is 1. The van der Waals surface area contributed by atoms with Gasteiger partial charge in [-0.05, 0) is 96.0 Å². The van der Waals surface area contributed by atoms with E-state index in [1.807, 2.05) is 6.20 Å². The second-order valence-corrected chi connectivity index (χ2v) is 15.2. The van der Waals surface area contributed by atoms with Gasteiger partial charge in [0.25, 0.3) is 0 Å². The van der Waals surface area contributed by atoms with Crippen LogP contribution in [0.25, 0.3) is 27.6 Å². The highest BCUT2D eigenvalue weighted by atomic mass is 16.5. The summed E-state index contributed by atoms with van der Waals surface area (Å²) in [5.41, 5.74) is 15.5. The zero-order chi connectivity index (χ0) is 34.8. The second kappa shape index (κ2) is 10.7. The van der Waals surface area contributed by atoms with Crippen molar-refractivity contribution in [2.24, 2.45) is 4.99 Å². The van der Waals surface area contributed by atoms with Gasteiger partial charge >= 0.3 is 0 Å². The molecule has 0 bridgehead atoms. The lowest BCUT2D eigenvalue weighted by Gasteiger charge is -2.35. The molecule has 0 fully saturated rings. The molecule has 0 saturated heterocycles. The smallest absolute Gasteiger partial charge is 0.145 e. The minimum absolute atomic E-state index is 0.0227. The SMILES string of the molecule is Cc1cc(C)c(C2=N[C@H](c3ccccc3)[C@@H]3c4ccccc4CN23)cc1Oc1cc2c(cc1C)C(C)(C)c1cccc3c4c(C)ccnc4n-2c13. The summed E-state index contributed by atoms with van der Waals surface area (Å²) >= 11 is 0. The van der Waals surface area contributed by atoms with Crippen LogP contribution < -0.4 is 4.74 Å². The lowest BCUT2D eigenvalue weighted by atomic mass is 9.74. The predicted octanol–water partition coefficient (Wildman–Crippen LogP) is 10.9. The summed E-state index contributed by atoms with van der Waals surface area (Å²) in [6.07, 6.45) is 1.93. The molecule has 3 aliphatic heterocycles. The molecule has 2 aromatic heterocycles. The van der Waals surface area contributed by atoms with Gasteiger partial charge in [0.2, 0.25) is 0 Å². The van der Waals surface area contributed by atoms with Crippen molar-refractivity contribution < 1.29 is 4.74 Å². The molecule has 250 valence electrons. The molecule has 0 aliphatic carbocycles. The van der Waals surface area contributed by atoms with Gasteiger partial charge in [-0.1, -0.05) is 92.7 Å². The van der Waals surface area contributed by atoms with Crippen LogP contribution in [0.2, 0.25) is 0 Å². The Morgan fingerprint density at radius 3 is 2.33 bits per heavy atom. The number of hydrogen-bond acceptors (Lipinski definition) is 4. The van der Waals surface area contributed by atoms with Crippen molar-refractivity contribution in [2.75, 3.05) is 0 Å². The van der Waals surface area contributed by atoms with Crippen molar-refractivity contribution in [2.45, 2.75) is 65.6 Å². The third kappa shape index (κ3) is 4.21. The van der Waals surface area contributed by atoms with Crippen molar-refractivity contribution >= 4 is 27.8 Å². The fraction of sp³-hybridized carbons (Fsp3) is 0.217. The van der Waals surface area contributed by atoms with Gasteiger partial charge in [0.05, 0.1) is 17.2 Å². The molecule has 5 heterocycles. The number of aromatic nitrogens is 2. The summed E-state index contributed by atoms with van der Waals surface area (Å²) in [6, 6.07) is 37.7. The van der Waals surface area contributed by atoms with Crippen LogP contribution >= 0.6 is 0 Å². The Morgan fingerprint density at radius 1 is 0.725 bits per heavy atom. The Hall–Kier alpha value is -5.68. The summed E-state index contributed by atoms with van der Waals surface area (Å²) in [7, 11) is 0. The van der Waals surface area contributed by atoms with Crippen molar-refractivity contribution in [3.63, 3.8) is 0 Å². The largest absolute Gasteiger partial charge is 0.457 e. The molecular formula is C46H40N4O. The number of amidine groups is 1. The maximum atomic E-state index is 7.00. The first-order valence-corrected chi connectivity index (χ1v) is 18.0. The van der Waals surface area contributed by atoms with E-state index in [0.717, 1.165) is 51.9 Å². The molecule has 2 atom stereocenters. The zero-order valence-electron chi connectivity index (χ0n) is 30.0. The summed E-state index contributed by atoms with van der Waals surface area (Å²) in [5.74, 6) is 2.74. The summed E-state index contributed by atoms with van der Waals surface area (Å²) in [5, 5.41) is 2.47. The van der Waals surface area contributed by atoms with Crippen LogP contribution in [0.1, 0.15) is 81.6 Å². The van der Waals surface area contributed by atoms with Gasteiger partial charge in [-0.2, -0.15) is 0 Å². The number of benzene rings is 5. The van der Waals surface area contributed by atoms with E-state index in [-0.39, 0.29) is 17.5 Å². The lowest BCUT2D eigenvalue weighted by molar-refractivity contribution is 0.341. The first-order valence-electron chi connectivity index (χ1n) is 18.0. The van der Waals surface area contributed by atoms with Crippen LogP contribution in [-0.2, 0) is 12.0 Å². The minimum Gasteiger partial charge on any atom is -0.457 e. The first-order chi connectivity index (χ1) is 24.7. The monoisotopic (exact) mass is 664 g/mol. The number of pyridine rings is 1. The molecule has 0 spiro atoms. The summed E-state index contributed by atoms with van der Waals surface area (Å²) in [6.45, 7) is 14.2. The van der Waals surface area contributed by atoms with E-state index in [2.05, 4.69) is 154 Å². The van der Waals surface area contributed by atoms with Crippen LogP contribution in [0.4, 0.5) is 0 Å². The molecular weight excluding hydrogens is 625 g/mol. The maximum Gasteiger partial charge on any atom is 0.145 e. The number of para-hydroxylation sites is 1. The highest BCUT2D eigenvalue weighted by Gasteiger charge is 2.44. The maximum absolute atomic E-state index is 7.00. The zero-order valence-corrected chi connectivity index (χ0v) is 30.0. The molecule has 0 amide bonds. The highest BCUT2D eigenvalue weighted by molar-refractivity contribution is 6.11. The van der Waals surface area contributed by atoms with Gasteiger partial charge < -0.3 is 9.64 Å². The van der Waals surface area contributed by atoms with E-state index in [1.54, 1.807) is 0 Å². The highest BCUT2D eigenvalue weighted by Crippen LogP contribution is 2.51. The van der Waals surface area contributed by atoms with E-state index in [4.69, 9.17) is 14.7 Å². The van der Waals surface area contributed by atoms with Gasteiger partial charge in [-0.3, -0.25) is 9.56 Å². The van der Waals surface area contributed by atoms with E-state index in [1.165, 1.54) is 55.2 Å². The number of rotatable bonds is 4. The summed E-state index contributed by atoms with van der Waals surface area (Å²) < 4.78 is 9.37. The van der Waals surface area contributed by atoms with Gasteiger partial charge in [-0.15, -0.1) is 0 Å². The van der Waals surface area contributed by atoms with E-state index in [9.17, 15) is 0 Å². The average Bonchev–Trinajstić information content (AvgIpc) is 3.79. The average molecular weight is 665 g/mol. The Morgan fingerprint density at radius 2 is 1.49 bits per heavy atom. The Bertz CT molecular complexity index is 2630. The molecule has 10 rings (SSSR count). The molecule has 5 nitrogen and oxygen atoms in total. The number of aryl methyl sites for hydroxylation is 4. The third-order valence-corrected chi connectivity index (χ3v) is 11.8.